The quantitative estimate of drug-likeness (QED) is 0.846. The molecule has 0 atom stereocenters. The molecular formula is C12H11N3O. The smallest absolute Gasteiger partial charge is 0.226 e. The summed E-state index contributed by atoms with van der Waals surface area (Å²) in [5.41, 5.74) is 2.37. The maximum absolute atomic E-state index is 8.68. The second kappa shape index (κ2) is 4.60. The zero-order valence-electron chi connectivity index (χ0n) is 8.90. The molecule has 2 aromatic rings. The van der Waals surface area contributed by atoms with Crippen molar-refractivity contribution >= 4 is 0 Å². The first-order chi connectivity index (χ1) is 7.83. The number of benzene rings is 1. The Bertz CT molecular complexity index is 508. The van der Waals surface area contributed by atoms with E-state index in [1.165, 1.54) is 0 Å². The van der Waals surface area contributed by atoms with E-state index in [4.69, 9.17) is 9.68 Å². The van der Waals surface area contributed by atoms with Crippen molar-refractivity contribution in [3.63, 3.8) is 0 Å². The first-order valence-corrected chi connectivity index (χ1v) is 4.93. The minimum atomic E-state index is 0.578. The minimum absolute atomic E-state index is 0.578. The molecule has 0 unspecified atom stereocenters. The first kappa shape index (κ1) is 10.4. The van der Waals surface area contributed by atoms with Crippen LogP contribution in [0.15, 0.2) is 34.9 Å². The monoisotopic (exact) mass is 213 g/mol. The third-order valence-corrected chi connectivity index (χ3v) is 2.17. The fourth-order valence-electron chi connectivity index (χ4n) is 1.39. The van der Waals surface area contributed by atoms with Gasteiger partial charge < -0.3 is 9.73 Å². The van der Waals surface area contributed by atoms with E-state index >= 15 is 0 Å². The molecule has 16 heavy (non-hydrogen) atoms. The van der Waals surface area contributed by atoms with Crippen LogP contribution in [0.25, 0.3) is 11.5 Å². The lowest BCUT2D eigenvalue weighted by atomic mass is 10.1. The Morgan fingerprint density at radius 2 is 2.12 bits per heavy atom. The highest BCUT2D eigenvalue weighted by Gasteiger charge is 2.05. The van der Waals surface area contributed by atoms with Crippen LogP contribution in [-0.4, -0.2) is 12.0 Å². The molecule has 1 aromatic heterocycles. The fourth-order valence-corrected chi connectivity index (χ4v) is 1.39. The third kappa shape index (κ3) is 2.10. The van der Waals surface area contributed by atoms with Crippen LogP contribution in [-0.2, 0) is 6.54 Å². The van der Waals surface area contributed by atoms with Gasteiger partial charge in [0.05, 0.1) is 17.3 Å². The molecular weight excluding hydrogens is 202 g/mol. The zero-order valence-corrected chi connectivity index (χ0v) is 8.90. The Labute approximate surface area is 93.5 Å². The molecule has 0 amide bonds. The Kier molecular flexibility index (Phi) is 2.99. The number of nitriles is 1. The molecule has 0 fully saturated rings. The summed E-state index contributed by atoms with van der Waals surface area (Å²) in [5.74, 6) is 0.578. The Morgan fingerprint density at radius 1 is 1.38 bits per heavy atom. The average molecular weight is 213 g/mol. The highest BCUT2D eigenvalue weighted by Crippen LogP contribution is 2.18. The second-order valence-corrected chi connectivity index (χ2v) is 3.36. The van der Waals surface area contributed by atoms with Gasteiger partial charge in [0.25, 0.3) is 0 Å². The van der Waals surface area contributed by atoms with E-state index in [1.807, 2.05) is 19.2 Å². The summed E-state index contributed by atoms with van der Waals surface area (Å²) in [6.07, 6.45) is 1.63. The van der Waals surface area contributed by atoms with E-state index in [-0.39, 0.29) is 0 Å². The summed E-state index contributed by atoms with van der Waals surface area (Å²) in [6.45, 7) is 0.680. The van der Waals surface area contributed by atoms with Crippen LogP contribution >= 0.6 is 0 Å². The SMILES string of the molecule is CNCc1coc(-c2ccc(C#N)cc2)n1. The van der Waals surface area contributed by atoms with Gasteiger partial charge in [-0.1, -0.05) is 0 Å². The van der Waals surface area contributed by atoms with Crippen molar-refractivity contribution < 1.29 is 4.42 Å². The molecule has 0 saturated carbocycles. The molecule has 1 heterocycles. The van der Waals surface area contributed by atoms with Gasteiger partial charge in [0.1, 0.15) is 6.26 Å². The largest absolute Gasteiger partial charge is 0.444 e. The summed E-state index contributed by atoms with van der Waals surface area (Å²) in [6, 6.07) is 9.22. The number of rotatable bonds is 3. The topological polar surface area (TPSA) is 61.9 Å². The van der Waals surface area contributed by atoms with Gasteiger partial charge in [0, 0.05) is 12.1 Å². The highest BCUT2D eigenvalue weighted by molar-refractivity contribution is 5.54. The Morgan fingerprint density at radius 3 is 2.75 bits per heavy atom. The second-order valence-electron chi connectivity index (χ2n) is 3.36. The van der Waals surface area contributed by atoms with E-state index < -0.39 is 0 Å². The Balaban J connectivity index is 2.25. The van der Waals surface area contributed by atoms with Crippen LogP contribution < -0.4 is 5.32 Å². The number of nitrogens with one attached hydrogen (secondary N) is 1. The summed E-state index contributed by atoms with van der Waals surface area (Å²) in [7, 11) is 1.86. The lowest BCUT2D eigenvalue weighted by Crippen LogP contribution is -2.04. The van der Waals surface area contributed by atoms with Crippen LogP contribution in [0.5, 0.6) is 0 Å². The molecule has 4 heteroatoms. The normalized spacial score (nSPS) is 10.0. The molecule has 0 aliphatic carbocycles. The van der Waals surface area contributed by atoms with Gasteiger partial charge in [-0.3, -0.25) is 0 Å². The number of hydrogen-bond acceptors (Lipinski definition) is 4. The molecule has 2 rings (SSSR count). The van der Waals surface area contributed by atoms with E-state index in [9.17, 15) is 0 Å². The van der Waals surface area contributed by atoms with E-state index in [0.29, 0.717) is 18.0 Å². The van der Waals surface area contributed by atoms with Crippen molar-refractivity contribution in [2.45, 2.75) is 6.54 Å². The summed E-state index contributed by atoms with van der Waals surface area (Å²) >= 11 is 0. The number of hydrogen-bond donors (Lipinski definition) is 1. The average Bonchev–Trinajstić information content (AvgIpc) is 2.78. The summed E-state index contributed by atoms with van der Waals surface area (Å²) < 4.78 is 5.34. The van der Waals surface area contributed by atoms with Gasteiger partial charge in [0.15, 0.2) is 0 Å². The Hall–Kier alpha value is -2.12. The molecule has 0 aliphatic heterocycles. The minimum Gasteiger partial charge on any atom is -0.444 e. The molecule has 80 valence electrons. The maximum atomic E-state index is 8.68. The van der Waals surface area contributed by atoms with Gasteiger partial charge in [-0.25, -0.2) is 4.98 Å². The van der Waals surface area contributed by atoms with Crippen molar-refractivity contribution in [3.8, 4) is 17.5 Å². The van der Waals surface area contributed by atoms with Crippen LogP contribution in [0.4, 0.5) is 0 Å². The summed E-state index contributed by atoms with van der Waals surface area (Å²) in [5, 5.41) is 11.7. The van der Waals surface area contributed by atoms with Crippen molar-refractivity contribution in [1.82, 2.24) is 10.3 Å². The van der Waals surface area contributed by atoms with Crippen molar-refractivity contribution in [2.24, 2.45) is 0 Å². The van der Waals surface area contributed by atoms with E-state index in [0.717, 1.165) is 11.3 Å². The van der Waals surface area contributed by atoms with Crippen molar-refractivity contribution in [1.29, 1.82) is 5.26 Å². The highest BCUT2D eigenvalue weighted by atomic mass is 16.3. The molecule has 4 nitrogen and oxygen atoms in total. The van der Waals surface area contributed by atoms with Crippen molar-refractivity contribution in [2.75, 3.05) is 7.05 Å². The lowest BCUT2D eigenvalue weighted by molar-refractivity contribution is 0.571. The molecule has 0 saturated heterocycles. The fraction of sp³-hybridized carbons (Fsp3) is 0.167. The van der Waals surface area contributed by atoms with Crippen LogP contribution in [0.1, 0.15) is 11.3 Å². The third-order valence-electron chi connectivity index (χ3n) is 2.17. The lowest BCUT2D eigenvalue weighted by Gasteiger charge is -1.94. The van der Waals surface area contributed by atoms with Crippen LogP contribution in [0, 0.1) is 11.3 Å². The zero-order chi connectivity index (χ0) is 11.4. The molecule has 1 N–H and O–H groups in total. The maximum Gasteiger partial charge on any atom is 0.226 e. The standard InChI is InChI=1S/C12H11N3O/c1-14-7-11-8-16-12(15-11)10-4-2-9(6-13)3-5-10/h2-5,8,14H,7H2,1H3. The first-order valence-electron chi connectivity index (χ1n) is 4.93. The summed E-state index contributed by atoms with van der Waals surface area (Å²) in [4.78, 5) is 4.31. The molecule has 0 spiro atoms. The predicted molar refractivity (Wildman–Crippen MR) is 59.4 cm³/mol. The van der Waals surface area contributed by atoms with Gasteiger partial charge in [-0.05, 0) is 31.3 Å². The van der Waals surface area contributed by atoms with Gasteiger partial charge in [0.2, 0.25) is 5.89 Å². The number of oxazole rings is 1. The number of aromatic nitrogens is 1. The van der Waals surface area contributed by atoms with Crippen molar-refractivity contribution in [3.05, 3.63) is 41.8 Å². The molecule has 1 aromatic carbocycles. The van der Waals surface area contributed by atoms with E-state index in [2.05, 4.69) is 16.4 Å². The molecule has 0 bridgehead atoms. The predicted octanol–water partition coefficient (Wildman–Crippen LogP) is 1.93. The van der Waals surface area contributed by atoms with Crippen LogP contribution in [0.3, 0.4) is 0 Å². The van der Waals surface area contributed by atoms with Gasteiger partial charge in [-0.15, -0.1) is 0 Å². The number of nitrogens with zero attached hydrogens (tertiary/aromatic N) is 2. The van der Waals surface area contributed by atoms with Gasteiger partial charge in [-0.2, -0.15) is 5.26 Å². The molecule has 0 radical (unpaired) electrons. The van der Waals surface area contributed by atoms with Crippen LogP contribution in [0.2, 0.25) is 0 Å². The van der Waals surface area contributed by atoms with E-state index in [1.54, 1.807) is 18.4 Å². The van der Waals surface area contributed by atoms with Gasteiger partial charge >= 0.3 is 0 Å². The molecule has 0 aliphatic rings.